The Labute approximate surface area is 147 Å². The number of ether oxygens (including phenoxy) is 2. The van der Waals surface area contributed by atoms with Gasteiger partial charge in [0.1, 0.15) is 17.1 Å². The topological polar surface area (TPSA) is 39.0 Å². The highest BCUT2D eigenvalue weighted by Gasteiger charge is 2.29. The summed E-state index contributed by atoms with van der Waals surface area (Å²) in [5, 5.41) is 0. The monoisotopic (exact) mass is 337 g/mol. The predicted molar refractivity (Wildman–Crippen MR) is 97.1 cm³/mol. The molecule has 0 aliphatic carbocycles. The normalized spacial score (nSPS) is 17.9. The van der Waals surface area contributed by atoms with Crippen LogP contribution in [0.25, 0.3) is 5.65 Å². The first-order chi connectivity index (χ1) is 12.3. The van der Waals surface area contributed by atoms with Gasteiger partial charge in [0.25, 0.3) is 0 Å². The molecule has 3 aromatic rings. The third-order valence-electron chi connectivity index (χ3n) is 4.94. The molecule has 1 fully saturated rings. The van der Waals surface area contributed by atoms with Crippen LogP contribution in [0, 0.1) is 0 Å². The molecular weight excluding hydrogens is 314 g/mol. The van der Waals surface area contributed by atoms with E-state index in [1.807, 2.05) is 36.5 Å². The molecule has 130 valence electrons. The number of hydrogen-bond donors (Lipinski definition) is 0. The first kappa shape index (κ1) is 16.0. The van der Waals surface area contributed by atoms with Gasteiger partial charge in [-0.1, -0.05) is 12.1 Å². The van der Waals surface area contributed by atoms with Crippen LogP contribution in [-0.4, -0.2) is 35.0 Å². The van der Waals surface area contributed by atoms with E-state index in [1.165, 1.54) is 12.0 Å². The number of pyridine rings is 1. The molecule has 1 aromatic carbocycles. The highest BCUT2D eigenvalue weighted by atomic mass is 16.5. The zero-order valence-electron chi connectivity index (χ0n) is 14.7. The highest BCUT2D eigenvalue weighted by Crippen LogP contribution is 2.39. The van der Waals surface area contributed by atoms with Gasteiger partial charge < -0.3 is 13.9 Å². The smallest absolute Gasteiger partial charge is 0.137 e. The van der Waals surface area contributed by atoms with Crippen LogP contribution in [0.4, 0.5) is 0 Å². The van der Waals surface area contributed by atoms with Crippen molar-refractivity contribution in [3.63, 3.8) is 0 Å². The summed E-state index contributed by atoms with van der Waals surface area (Å²) in [6, 6.07) is 12.6. The Morgan fingerprint density at radius 2 is 2.08 bits per heavy atom. The fourth-order valence-corrected chi connectivity index (χ4v) is 3.73. The van der Waals surface area contributed by atoms with Gasteiger partial charge in [-0.25, -0.2) is 4.98 Å². The number of benzene rings is 1. The lowest BCUT2D eigenvalue weighted by Gasteiger charge is -2.25. The van der Waals surface area contributed by atoms with Crippen molar-refractivity contribution in [3.8, 4) is 11.5 Å². The fourth-order valence-electron chi connectivity index (χ4n) is 3.73. The highest BCUT2D eigenvalue weighted by molar-refractivity contribution is 5.43. The second-order valence-electron chi connectivity index (χ2n) is 6.43. The molecular formula is C20H23N3O2. The summed E-state index contributed by atoms with van der Waals surface area (Å²) in [6.45, 7) is 1.93. The summed E-state index contributed by atoms with van der Waals surface area (Å²) in [5.74, 6) is 1.72. The second-order valence-corrected chi connectivity index (χ2v) is 6.43. The van der Waals surface area contributed by atoms with Crippen molar-refractivity contribution in [3.05, 3.63) is 60.0 Å². The van der Waals surface area contributed by atoms with E-state index in [9.17, 15) is 0 Å². The zero-order chi connectivity index (χ0) is 17.2. The maximum atomic E-state index is 5.62. The van der Waals surface area contributed by atoms with Crippen molar-refractivity contribution < 1.29 is 9.47 Å². The van der Waals surface area contributed by atoms with Crippen LogP contribution in [0.15, 0.2) is 48.8 Å². The average Bonchev–Trinajstić information content (AvgIpc) is 3.27. The molecule has 0 bridgehead atoms. The van der Waals surface area contributed by atoms with Crippen LogP contribution < -0.4 is 9.47 Å². The largest absolute Gasteiger partial charge is 0.497 e. The van der Waals surface area contributed by atoms with E-state index < -0.39 is 0 Å². The first-order valence-electron chi connectivity index (χ1n) is 8.67. The maximum Gasteiger partial charge on any atom is 0.137 e. The first-order valence-corrected chi connectivity index (χ1v) is 8.67. The summed E-state index contributed by atoms with van der Waals surface area (Å²) in [5.41, 5.74) is 3.32. The molecule has 1 saturated heterocycles. The third-order valence-corrected chi connectivity index (χ3v) is 4.94. The fraction of sp³-hybridized carbons (Fsp3) is 0.350. The molecule has 0 unspecified atom stereocenters. The quantitative estimate of drug-likeness (QED) is 0.712. The second kappa shape index (κ2) is 6.76. The molecule has 1 atom stereocenters. The number of aromatic nitrogens is 2. The van der Waals surface area contributed by atoms with Gasteiger partial charge in [0.05, 0.1) is 19.9 Å². The molecule has 0 amide bonds. The van der Waals surface area contributed by atoms with E-state index in [1.54, 1.807) is 14.2 Å². The number of imidazole rings is 1. The van der Waals surface area contributed by atoms with Gasteiger partial charge in [0.15, 0.2) is 0 Å². The maximum absolute atomic E-state index is 5.62. The molecule has 4 rings (SSSR count). The standard InChI is InChI=1S/C20H23N3O2/c1-24-16-8-9-17(19(12-16)25-2)18-6-5-11-22(18)13-15-14-23-10-4-3-7-20(23)21-15/h3-4,7-10,12,14,18H,5-6,11,13H2,1-2H3/t18-/m0/s1. The number of hydrogen-bond acceptors (Lipinski definition) is 4. The Balaban J connectivity index is 1.60. The number of rotatable bonds is 5. The van der Waals surface area contributed by atoms with Crippen LogP contribution in [0.1, 0.15) is 30.1 Å². The minimum atomic E-state index is 0.352. The number of methoxy groups -OCH3 is 2. The van der Waals surface area contributed by atoms with E-state index in [0.29, 0.717) is 6.04 Å². The number of likely N-dealkylation sites (tertiary alicyclic amines) is 1. The SMILES string of the molecule is COc1ccc([C@@H]2CCCN2Cc2cn3ccccc3n2)c(OC)c1. The van der Waals surface area contributed by atoms with Crippen LogP contribution in [0.3, 0.4) is 0 Å². The van der Waals surface area contributed by atoms with Gasteiger partial charge in [0.2, 0.25) is 0 Å². The lowest BCUT2D eigenvalue weighted by molar-refractivity contribution is 0.240. The summed E-state index contributed by atoms with van der Waals surface area (Å²) in [6.07, 6.45) is 6.49. The Hall–Kier alpha value is -2.53. The van der Waals surface area contributed by atoms with Crippen LogP contribution in [-0.2, 0) is 6.54 Å². The Morgan fingerprint density at radius 1 is 1.16 bits per heavy atom. The third kappa shape index (κ3) is 3.07. The summed E-state index contributed by atoms with van der Waals surface area (Å²) in [7, 11) is 3.40. The molecule has 2 aromatic heterocycles. The zero-order valence-corrected chi connectivity index (χ0v) is 14.7. The summed E-state index contributed by atoms with van der Waals surface area (Å²) < 4.78 is 13.0. The molecule has 1 aliphatic heterocycles. The van der Waals surface area contributed by atoms with Crippen molar-refractivity contribution in [2.45, 2.75) is 25.4 Å². The molecule has 5 heteroatoms. The minimum Gasteiger partial charge on any atom is -0.497 e. The Kier molecular flexibility index (Phi) is 4.32. The number of fused-ring (bicyclic) bond motifs is 1. The average molecular weight is 337 g/mol. The van der Waals surface area contributed by atoms with E-state index in [2.05, 4.69) is 21.6 Å². The van der Waals surface area contributed by atoms with Crippen molar-refractivity contribution in [1.29, 1.82) is 0 Å². The molecule has 0 spiro atoms. The summed E-state index contributed by atoms with van der Waals surface area (Å²) >= 11 is 0. The van der Waals surface area contributed by atoms with Gasteiger partial charge >= 0.3 is 0 Å². The van der Waals surface area contributed by atoms with Crippen LogP contribution in [0.5, 0.6) is 11.5 Å². The molecule has 1 aliphatic rings. The molecule has 0 radical (unpaired) electrons. The van der Waals surface area contributed by atoms with Gasteiger partial charge in [-0.05, 0) is 37.6 Å². The van der Waals surface area contributed by atoms with Crippen molar-refractivity contribution >= 4 is 5.65 Å². The Morgan fingerprint density at radius 3 is 2.88 bits per heavy atom. The van der Waals surface area contributed by atoms with E-state index in [0.717, 1.165) is 42.4 Å². The summed E-state index contributed by atoms with van der Waals surface area (Å²) in [4.78, 5) is 7.24. The molecule has 5 nitrogen and oxygen atoms in total. The van der Waals surface area contributed by atoms with Crippen molar-refractivity contribution in [1.82, 2.24) is 14.3 Å². The van der Waals surface area contributed by atoms with E-state index in [4.69, 9.17) is 14.5 Å². The van der Waals surface area contributed by atoms with Gasteiger partial charge in [-0.3, -0.25) is 4.90 Å². The lowest BCUT2D eigenvalue weighted by Crippen LogP contribution is -2.23. The predicted octanol–water partition coefficient (Wildman–Crippen LogP) is 3.69. The van der Waals surface area contributed by atoms with Crippen molar-refractivity contribution in [2.24, 2.45) is 0 Å². The molecule has 25 heavy (non-hydrogen) atoms. The van der Waals surface area contributed by atoms with Gasteiger partial charge in [-0.2, -0.15) is 0 Å². The van der Waals surface area contributed by atoms with Crippen LogP contribution in [0.2, 0.25) is 0 Å². The minimum absolute atomic E-state index is 0.352. The van der Waals surface area contributed by atoms with Gasteiger partial charge in [-0.15, -0.1) is 0 Å². The molecule has 3 heterocycles. The van der Waals surface area contributed by atoms with E-state index >= 15 is 0 Å². The Bertz CT molecular complexity index is 841. The number of nitrogens with zero attached hydrogens (tertiary/aromatic N) is 3. The van der Waals surface area contributed by atoms with Crippen molar-refractivity contribution in [2.75, 3.05) is 20.8 Å². The molecule has 0 N–H and O–H groups in total. The van der Waals surface area contributed by atoms with E-state index in [-0.39, 0.29) is 0 Å². The lowest BCUT2D eigenvalue weighted by atomic mass is 10.0. The molecule has 0 saturated carbocycles. The van der Waals surface area contributed by atoms with Crippen LogP contribution >= 0.6 is 0 Å². The van der Waals surface area contributed by atoms with Gasteiger partial charge in [0, 0.05) is 36.6 Å².